The Morgan fingerprint density at radius 3 is 2.65 bits per heavy atom. The minimum absolute atomic E-state index is 0.180. The SMILES string of the molecule is CCC(CNc1ccc(C(F)(F)F)nc1)N(C)C(=O)c1nc(C)ccc1N/N=C\C=N. The van der Waals surface area contributed by atoms with Gasteiger partial charge in [-0.3, -0.25) is 10.2 Å². The lowest BCUT2D eigenvalue weighted by atomic mass is 10.1. The number of nitrogens with one attached hydrogen (secondary N) is 3. The maximum Gasteiger partial charge on any atom is 0.433 e. The molecule has 0 aliphatic heterocycles. The van der Waals surface area contributed by atoms with Crippen molar-refractivity contribution < 1.29 is 18.0 Å². The van der Waals surface area contributed by atoms with Crippen molar-refractivity contribution in [3.8, 4) is 0 Å². The number of hydrazone groups is 1. The number of anilines is 2. The van der Waals surface area contributed by atoms with Crippen LogP contribution in [0.5, 0.6) is 0 Å². The fourth-order valence-corrected chi connectivity index (χ4v) is 2.74. The molecule has 0 bridgehead atoms. The molecule has 2 aromatic rings. The van der Waals surface area contributed by atoms with Crippen LogP contribution in [-0.4, -0.2) is 52.8 Å². The molecular weight excluding hydrogens is 411 g/mol. The van der Waals surface area contributed by atoms with E-state index >= 15 is 0 Å². The monoisotopic (exact) mass is 435 g/mol. The zero-order valence-electron chi connectivity index (χ0n) is 17.4. The molecule has 0 aliphatic rings. The molecule has 1 atom stereocenters. The van der Waals surface area contributed by atoms with Gasteiger partial charge in [-0.25, -0.2) is 9.97 Å². The summed E-state index contributed by atoms with van der Waals surface area (Å²) in [6.07, 6.45) is -0.551. The summed E-state index contributed by atoms with van der Waals surface area (Å²) in [4.78, 5) is 22.3. The van der Waals surface area contributed by atoms with Gasteiger partial charge >= 0.3 is 6.18 Å². The molecule has 0 radical (unpaired) electrons. The van der Waals surface area contributed by atoms with Gasteiger partial charge in [0.1, 0.15) is 5.69 Å². The zero-order chi connectivity index (χ0) is 23.0. The maximum absolute atomic E-state index is 13.1. The van der Waals surface area contributed by atoms with Crippen LogP contribution < -0.4 is 10.7 Å². The van der Waals surface area contributed by atoms with Crippen LogP contribution in [0.1, 0.15) is 35.2 Å². The molecule has 1 unspecified atom stereocenters. The predicted molar refractivity (Wildman–Crippen MR) is 114 cm³/mol. The Balaban J connectivity index is 2.12. The lowest BCUT2D eigenvalue weighted by molar-refractivity contribution is -0.141. The number of likely N-dealkylation sites (N-methyl/N-ethyl adjacent to an activating group) is 1. The lowest BCUT2D eigenvalue weighted by Crippen LogP contribution is -2.41. The molecule has 0 aliphatic carbocycles. The van der Waals surface area contributed by atoms with E-state index in [1.807, 2.05) is 6.92 Å². The van der Waals surface area contributed by atoms with E-state index in [0.29, 0.717) is 30.0 Å². The van der Waals surface area contributed by atoms with E-state index in [1.165, 1.54) is 17.2 Å². The first-order valence-corrected chi connectivity index (χ1v) is 9.47. The average molecular weight is 435 g/mol. The molecule has 2 heterocycles. The minimum atomic E-state index is -4.49. The predicted octanol–water partition coefficient (Wildman–Crippen LogP) is 3.81. The Hall–Kier alpha value is -3.50. The van der Waals surface area contributed by atoms with Crippen LogP contribution in [0.15, 0.2) is 35.6 Å². The second-order valence-corrected chi connectivity index (χ2v) is 6.69. The van der Waals surface area contributed by atoms with Crippen molar-refractivity contribution in [1.29, 1.82) is 5.41 Å². The van der Waals surface area contributed by atoms with Crippen molar-refractivity contribution in [3.63, 3.8) is 0 Å². The fourth-order valence-electron chi connectivity index (χ4n) is 2.74. The van der Waals surface area contributed by atoms with Crippen LogP contribution in [-0.2, 0) is 6.18 Å². The highest BCUT2D eigenvalue weighted by Crippen LogP contribution is 2.27. The summed E-state index contributed by atoms with van der Waals surface area (Å²) in [6.45, 7) is 3.97. The zero-order valence-corrected chi connectivity index (χ0v) is 17.4. The third-order valence-electron chi connectivity index (χ3n) is 4.51. The van der Waals surface area contributed by atoms with Gasteiger partial charge in [0.2, 0.25) is 0 Å². The number of hydrogen-bond donors (Lipinski definition) is 3. The van der Waals surface area contributed by atoms with E-state index in [1.54, 1.807) is 26.1 Å². The third-order valence-corrected chi connectivity index (χ3v) is 4.51. The smallest absolute Gasteiger partial charge is 0.382 e. The summed E-state index contributed by atoms with van der Waals surface area (Å²) in [5, 5.41) is 13.8. The molecule has 2 aromatic heterocycles. The van der Waals surface area contributed by atoms with E-state index in [4.69, 9.17) is 5.41 Å². The molecule has 0 saturated carbocycles. The first-order valence-electron chi connectivity index (χ1n) is 9.47. The Kier molecular flexibility index (Phi) is 8.06. The van der Waals surface area contributed by atoms with Crippen LogP contribution in [0.4, 0.5) is 24.5 Å². The second kappa shape index (κ2) is 10.5. The van der Waals surface area contributed by atoms with E-state index in [9.17, 15) is 18.0 Å². The number of aromatic nitrogens is 2. The largest absolute Gasteiger partial charge is 0.433 e. The number of pyridine rings is 2. The normalized spacial score (nSPS) is 12.5. The molecule has 31 heavy (non-hydrogen) atoms. The number of alkyl halides is 3. The molecule has 0 spiro atoms. The van der Waals surface area contributed by atoms with Crippen LogP contribution in [0.25, 0.3) is 0 Å². The Morgan fingerprint density at radius 1 is 1.32 bits per heavy atom. The highest BCUT2D eigenvalue weighted by molar-refractivity contribution is 6.14. The summed E-state index contributed by atoms with van der Waals surface area (Å²) in [5.41, 5.74) is 3.39. The fraction of sp³-hybridized carbons (Fsp3) is 0.350. The van der Waals surface area contributed by atoms with Crippen molar-refractivity contribution in [2.24, 2.45) is 5.10 Å². The number of aryl methyl sites for hydroxylation is 1. The van der Waals surface area contributed by atoms with Crippen molar-refractivity contribution in [1.82, 2.24) is 14.9 Å². The van der Waals surface area contributed by atoms with Crippen molar-refractivity contribution >= 4 is 29.7 Å². The number of rotatable bonds is 9. The number of hydrogen-bond acceptors (Lipinski definition) is 7. The van der Waals surface area contributed by atoms with Gasteiger partial charge in [-0.05, 0) is 37.6 Å². The number of nitrogens with zero attached hydrogens (tertiary/aromatic N) is 4. The lowest BCUT2D eigenvalue weighted by Gasteiger charge is -2.28. The molecule has 2 rings (SSSR count). The summed E-state index contributed by atoms with van der Waals surface area (Å²) in [6, 6.07) is 5.36. The third kappa shape index (κ3) is 6.49. The number of carbonyl (C=O) groups excluding carboxylic acids is 1. The van der Waals surface area contributed by atoms with Crippen LogP contribution in [0.2, 0.25) is 0 Å². The van der Waals surface area contributed by atoms with Gasteiger partial charge in [-0.2, -0.15) is 18.3 Å². The van der Waals surface area contributed by atoms with Gasteiger partial charge in [0, 0.05) is 31.5 Å². The van der Waals surface area contributed by atoms with Crippen LogP contribution in [0.3, 0.4) is 0 Å². The molecule has 166 valence electrons. The second-order valence-electron chi connectivity index (χ2n) is 6.69. The van der Waals surface area contributed by atoms with E-state index in [-0.39, 0.29) is 17.6 Å². The number of carbonyl (C=O) groups is 1. The summed E-state index contributed by atoms with van der Waals surface area (Å²) < 4.78 is 37.9. The first kappa shape index (κ1) is 23.8. The summed E-state index contributed by atoms with van der Waals surface area (Å²) in [7, 11) is 1.64. The molecule has 0 aromatic carbocycles. The highest BCUT2D eigenvalue weighted by Gasteiger charge is 2.32. The number of halogens is 3. The van der Waals surface area contributed by atoms with E-state index < -0.39 is 11.9 Å². The van der Waals surface area contributed by atoms with E-state index in [0.717, 1.165) is 18.5 Å². The van der Waals surface area contributed by atoms with Gasteiger partial charge in [-0.15, -0.1) is 0 Å². The van der Waals surface area contributed by atoms with Crippen LogP contribution in [0, 0.1) is 12.3 Å². The van der Waals surface area contributed by atoms with Gasteiger partial charge in [0.25, 0.3) is 5.91 Å². The molecule has 8 nitrogen and oxygen atoms in total. The number of amides is 1. The van der Waals surface area contributed by atoms with Gasteiger partial charge in [0.05, 0.1) is 23.8 Å². The summed E-state index contributed by atoms with van der Waals surface area (Å²) in [5.74, 6) is -0.338. The maximum atomic E-state index is 13.1. The molecule has 3 N–H and O–H groups in total. The van der Waals surface area contributed by atoms with Gasteiger partial charge in [-0.1, -0.05) is 6.92 Å². The topological polar surface area (TPSA) is 106 Å². The van der Waals surface area contributed by atoms with Gasteiger partial charge in [0.15, 0.2) is 5.69 Å². The Bertz CT molecular complexity index is 929. The molecule has 0 fully saturated rings. The Morgan fingerprint density at radius 2 is 2.06 bits per heavy atom. The highest BCUT2D eigenvalue weighted by atomic mass is 19.4. The van der Waals surface area contributed by atoms with Crippen LogP contribution >= 0.6 is 0 Å². The summed E-state index contributed by atoms with van der Waals surface area (Å²) >= 11 is 0. The average Bonchev–Trinajstić information content (AvgIpc) is 2.74. The molecule has 0 saturated heterocycles. The Labute approximate surface area is 178 Å². The molecule has 1 amide bonds. The molecular formula is C20H24F3N7O. The van der Waals surface area contributed by atoms with E-state index in [2.05, 4.69) is 25.8 Å². The quantitative estimate of drug-likeness (QED) is 0.410. The van der Waals surface area contributed by atoms with Gasteiger partial charge < -0.3 is 15.6 Å². The first-order chi connectivity index (χ1) is 14.7. The van der Waals surface area contributed by atoms with Crippen molar-refractivity contribution in [3.05, 3.63) is 47.5 Å². The van der Waals surface area contributed by atoms with Crippen molar-refractivity contribution in [2.75, 3.05) is 24.3 Å². The standard InChI is InChI=1S/C20H24F3N7O/c1-4-15(12-25-14-6-8-17(26-11-14)20(21,22)23)30(3)19(31)18-16(29-27-10-9-24)7-5-13(2)28-18/h5-11,15,24-25,29H,4,12H2,1-3H3/b24-9?,27-10-. The molecule has 11 heteroatoms. The minimum Gasteiger partial charge on any atom is -0.382 e. The van der Waals surface area contributed by atoms with Crippen molar-refractivity contribution in [2.45, 2.75) is 32.5 Å².